The minimum absolute atomic E-state index is 0.137. The average molecular weight is 255 g/mol. The minimum Gasteiger partial charge on any atom is -0.481 e. The predicted molar refractivity (Wildman–Crippen MR) is 70.0 cm³/mol. The van der Waals surface area contributed by atoms with E-state index in [1.54, 1.807) is 0 Å². The van der Waals surface area contributed by atoms with Crippen molar-refractivity contribution in [2.75, 3.05) is 0 Å². The molecule has 2 aliphatic carbocycles. The third kappa shape index (κ3) is 6.62. The first kappa shape index (κ1) is 15.0. The number of aliphatic carboxylic acids is 1. The molecule has 0 aromatic rings. The monoisotopic (exact) mass is 255 g/mol. The molecule has 0 heterocycles. The van der Waals surface area contributed by atoms with Gasteiger partial charge >= 0.3 is 5.97 Å². The van der Waals surface area contributed by atoms with E-state index in [2.05, 4.69) is 0 Å². The molecule has 18 heavy (non-hydrogen) atoms. The highest BCUT2D eigenvalue weighted by Crippen LogP contribution is 2.27. The number of carboxylic acids is 1. The van der Waals surface area contributed by atoms with Crippen molar-refractivity contribution in [1.29, 1.82) is 0 Å². The summed E-state index contributed by atoms with van der Waals surface area (Å²) < 4.78 is 0. The van der Waals surface area contributed by atoms with Crippen LogP contribution in [0, 0.1) is 11.8 Å². The molecule has 0 aliphatic heterocycles. The molecule has 2 saturated carbocycles. The summed E-state index contributed by atoms with van der Waals surface area (Å²) in [5.41, 5.74) is 5.03. The van der Waals surface area contributed by atoms with Gasteiger partial charge in [0.25, 0.3) is 0 Å². The van der Waals surface area contributed by atoms with Gasteiger partial charge in [0, 0.05) is 12.8 Å². The number of hydrogen-bond acceptors (Lipinski definition) is 2. The maximum absolute atomic E-state index is 10.4. The van der Waals surface area contributed by atoms with Crippen molar-refractivity contribution < 1.29 is 14.7 Å². The molecule has 0 saturated heterocycles. The van der Waals surface area contributed by atoms with Gasteiger partial charge in [0.15, 0.2) is 0 Å². The van der Waals surface area contributed by atoms with Gasteiger partial charge in [-0.2, -0.15) is 0 Å². The number of nitrogens with two attached hydrogens (primary N) is 1. The molecule has 2 aliphatic rings. The second-order valence-corrected chi connectivity index (χ2v) is 5.57. The molecule has 0 bridgehead atoms. The first-order valence-corrected chi connectivity index (χ1v) is 7.08. The molecule has 0 spiro atoms. The third-order valence-corrected chi connectivity index (χ3v) is 3.90. The van der Waals surface area contributed by atoms with E-state index in [0.717, 1.165) is 12.8 Å². The third-order valence-electron chi connectivity index (χ3n) is 3.90. The van der Waals surface area contributed by atoms with Gasteiger partial charge < -0.3 is 10.8 Å². The standard InChI is InChI=1S/C7H13NO.C7H12O2/c2*8-7(9)5-6-3-1-2-4-6/h6H,1-5H2,(H2,8,9);6H,1-5H2,(H,8,9). The largest absolute Gasteiger partial charge is 0.481 e. The minimum atomic E-state index is -0.637. The first-order chi connectivity index (χ1) is 8.58. The molecular weight excluding hydrogens is 230 g/mol. The molecule has 2 fully saturated rings. The Hall–Kier alpha value is -1.06. The van der Waals surface area contributed by atoms with Crippen molar-refractivity contribution in [3.8, 4) is 0 Å². The zero-order valence-electron chi connectivity index (χ0n) is 11.1. The second kappa shape index (κ2) is 8.11. The molecule has 0 radical (unpaired) electrons. The van der Waals surface area contributed by atoms with Crippen LogP contribution in [-0.4, -0.2) is 17.0 Å². The maximum Gasteiger partial charge on any atom is 0.303 e. The molecule has 3 N–H and O–H groups in total. The van der Waals surface area contributed by atoms with Crippen LogP contribution < -0.4 is 5.73 Å². The number of primary amides is 1. The normalized spacial score (nSPS) is 20.4. The van der Waals surface area contributed by atoms with Crippen LogP contribution in [-0.2, 0) is 9.59 Å². The topological polar surface area (TPSA) is 80.4 Å². The lowest BCUT2D eigenvalue weighted by Gasteiger charge is -2.02. The highest BCUT2D eigenvalue weighted by molar-refractivity contribution is 5.74. The zero-order chi connectivity index (χ0) is 13.4. The van der Waals surface area contributed by atoms with Crippen molar-refractivity contribution >= 4 is 11.9 Å². The van der Waals surface area contributed by atoms with Crippen LogP contribution in [0.25, 0.3) is 0 Å². The van der Waals surface area contributed by atoms with Gasteiger partial charge in [-0.25, -0.2) is 0 Å². The van der Waals surface area contributed by atoms with Gasteiger partial charge in [-0.05, 0) is 37.5 Å². The molecule has 1 amide bonds. The fourth-order valence-electron chi connectivity index (χ4n) is 2.96. The highest BCUT2D eigenvalue weighted by atomic mass is 16.4. The van der Waals surface area contributed by atoms with E-state index in [4.69, 9.17) is 10.8 Å². The number of carbonyl (C=O) groups excluding carboxylic acids is 1. The van der Waals surface area contributed by atoms with Crippen molar-refractivity contribution in [2.45, 2.75) is 64.2 Å². The fraction of sp³-hybridized carbons (Fsp3) is 0.857. The Morgan fingerprint density at radius 2 is 1.28 bits per heavy atom. The summed E-state index contributed by atoms with van der Waals surface area (Å²) in [7, 11) is 0. The first-order valence-electron chi connectivity index (χ1n) is 7.08. The number of carbonyl (C=O) groups is 2. The fourth-order valence-corrected chi connectivity index (χ4v) is 2.96. The van der Waals surface area contributed by atoms with E-state index in [1.165, 1.54) is 38.5 Å². The van der Waals surface area contributed by atoms with Crippen LogP contribution in [0.4, 0.5) is 0 Å². The Labute approximate surface area is 109 Å². The highest BCUT2D eigenvalue weighted by Gasteiger charge is 2.17. The summed E-state index contributed by atoms with van der Waals surface area (Å²) in [5.74, 6) is 0.328. The molecule has 0 aromatic carbocycles. The Morgan fingerprint density at radius 3 is 1.61 bits per heavy atom. The average Bonchev–Trinajstić information content (AvgIpc) is 2.90. The lowest BCUT2D eigenvalue weighted by atomic mass is 10.0. The van der Waals surface area contributed by atoms with E-state index in [9.17, 15) is 9.59 Å². The van der Waals surface area contributed by atoms with Crippen molar-refractivity contribution in [3.05, 3.63) is 0 Å². The van der Waals surface area contributed by atoms with Gasteiger partial charge in [0.1, 0.15) is 0 Å². The van der Waals surface area contributed by atoms with Gasteiger partial charge in [0.05, 0.1) is 0 Å². The number of carboxylic acid groups (broad SMARTS) is 1. The summed E-state index contributed by atoms with van der Waals surface area (Å²) in [6.07, 6.45) is 10.7. The SMILES string of the molecule is NC(=O)CC1CCCC1.O=C(O)CC1CCCC1. The summed E-state index contributed by atoms with van der Waals surface area (Å²) in [4.78, 5) is 20.5. The number of hydrogen-bond donors (Lipinski definition) is 2. The molecule has 2 rings (SSSR count). The van der Waals surface area contributed by atoms with Crippen LogP contribution in [0.5, 0.6) is 0 Å². The second-order valence-electron chi connectivity index (χ2n) is 5.57. The molecule has 4 heteroatoms. The summed E-state index contributed by atoms with van der Waals surface area (Å²) in [6.45, 7) is 0. The van der Waals surface area contributed by atoms with Crippen molar-refractivity contribution in [3.63, 3.8) is 0 Å². The molecular formula is C14H25NO3. The van der Waals surface area contributed by atoms with Gasteiger partial charge in [-0.3, -0.25) is 9.59 Å². The summed E-state index contributed by atoms with van der Waals surface area (Å²) >= 11 is 0. The lowest BCUT2D eigenvalue weighted by Crippen LogP contribution is -2.14. The van der Waals surface area contributed by atoms with Gasteiger partial charge in [-0.1, -0.05) is 25.7 Å². The van der Waals surface area contributed by atoms with Gasteiger partial charge in [-0.15, -0.1) is 0 Å². The Morgan fingerprint density at radius 1 is 0.889 bits per heavy atom. The summed E-state index contributed by atoms with van der Waals surface area (Å²) in [5, 5.41) is 8.37. The van der Waals surface area contributed by atoms with Crippen LogP contribution in [0.3, 0.4) is 0 Å². The van der Waals surface area contributed by atoms with Crippen LogP contribution >= 0.6 is 0 Å². The lowest BCUT2D eigenvalue weighted by molar-refractivity contribution is -0.138. The molecule has 0 unspecified atom stereocenters. The van der Waals surface area contributed by atoms with E-state index in [0.29, 0.717) is 24.7 Å². The molecule has 104 valence electrons. The van der Waals surface area contributed by atoms with Crippen LogP contribution in [0.1, 0.15) is 64.2 Å². The van der Waals surface area contributed by atoms with E-state index in [-0.39, 0.29) is 5.91 Å². The number of rotatable bonds is 4. The molecule has 0 atom stereocenters. The zero-order valence-corrected chi connectivity index (χ0v) is 11.1. The van der Waals surface area contributed by atoms with E-state index in [1.807, 2.05) is 0 Å². The molecule has 0 aromatic heterocycles. The van der Waals surface area contributed by atoms with Gasteiger partial charge in [0.2, 0.25) is 5.91 Å². The van der Waals surface area contributed by atoms with Crippen molar-refractivity contribution in [1.82, 2.24) is 0 Å². The quantitative estimate of drug-likeness (QED) is 0.810. The maximum atomic E-state index is 10.4. The Balaban J connectivity index is 0.000000180. The van der Waals surface area contributed by atoms with E-state index >= 15 is 0 Å². The summed E-state index contributed by atoms with van der Waals surface area (Å²) in [6, 6.07) is 0. The van der Waals surface area contributed by atoms with Crippen LogP contribution in [0.15, 0.2) is 0 Å². The van der Waals surface area contributed by atoms with Crippen LogP contribution in [0.2, 0.25) is 0 Å². The Kier molecular flexibility index (Phi) is 6.76. The smallest absolute Gasteiger partial charge is 0.303 e. The predicted octanol–water partition coefficient (Wildman–Crippen LogP) is 2.70. The molecule has 4 nitrogen and oxygen atoms in total. The van der Waals surface area contributed by atoms with Crippen molar-refractivity contribution in [2.24, 2.45) is 17.6 Å². The number of amides is 1. The Bertz CT molecular complexity index is 238. The van der Waals surface area contributed by atoms with E-state index < -0.39 is 5.97 Å².